The monoisotopic (exact) mass is 583 g/mol. The minimum Gasteiger partial charge on any atom is -0.441 e. The van der Waals surface area contributed by atoms with Crippen molar-refractivity contribution in [2.24, 2.45) is 0 Å². The minimum atomic E-state index is -0.533. The summed E-state index contributed by atoms with van der Waals surface area (Å²) >= 11 is 0. The van der Waals surface area contributed by atoms with E-state index in [0.29, 0.717) is 79.6 Å². The van der Waals surface area contributed by atoms with Crippen LogP contribution in [0.5, 0.6) is 0 Å². The smallest absolute Gasteiger partial charge is 0.254 e. The van der Waals surface area contributed by atoms with Crippen molar-refractivity contribution in [3.05, 3.63) is 77.2 Å². The molecular formula is C32H37N7O4. The first kappa shape index (κ1) is 28.6. The van der Waals surface area contributed by atoms with Crippen molar-refractivity contribution in [2.75, 3.05) is 19.6 Å². The van der Waals surface area contributed by atoms with Gasteiger partial charge in [0.1, 0.15) is 23.2 Å². The van der Waals surface area contributed by atoms with Crippen molar-refractivity contribution < 1.29 is 18.8 Å². The van der Waals surface area contributed by atoms with E-state index in [1.807, 2.05) is 41.9 Å². The van der Waals surface area contributed by atoms with Gasteiger partial charge in [-0.25, -0.2) is 14.6 Å². The topological polar surface area (TPSA) is 126 Å². The fourth-order valence-corrected chi connectivity index (χ4v) is 6.17. The average molecular weight is 584 g/mol. The lowest BCUT2D eigenvalue weighted by atomic mass is 9.99. The molecule has 3 amide bonds. The van der Waals surface area contributed by atoms with Gasteiger partial charge in [-0.15, -0.1) is 0 Å². The number of amides is 3. The Bertz CT molecular complexity index is 1630. The van der Waals surface area contributed by atoms with Crippen molar-refractivity contribution in [2.45, 2.75) is 71.0 Å². The predicted octanol–water partition coefficient (Wildman–Crippen LogP) is 3.75. The molecule has 1 fully saturated rings. The van der Waals surface area contributed by atoms with E-state index in [1.54, 1.807) is 34.9 Å². The van der Waals surface area contributed by atoms with Crippen LogP contribution in [0.3, 0.4) is 0 Å². The number of carbonyl (C=O) groups is 3. The van der Waals surface area contributed by atoms with Crippen molar-refractivity contribution >= 4 is 28.8 Å². The Morgan fingerprint density at radius 2 is 1.81 bits per heavy atom. The molecule has 1 saturated heterocycles. The number of fused-ring (bicyclic) bond motifs is 3. The maximum atomic E-state index is 13.8. The molecule has 4 heterocycles. The summed E-state index contributed by atoms with van der Waals surface area (Å²) in [7, 11) is 0. The van der Waals surface area contributed by atoms with E-state index >= 15 is 0 Å². The first-order chi connectivity index (χ1) is 20.9. The van der Waals surface area contributed by atoms with Crippen LogP contribution in [-0.4, -0.2) is 72.9 Å². The maximum Gasteiger partial charge on any atom is 0.254 e. The molecular weight excluding hydrogens is 546 g/mol. The number of nitrogens with one attached hydrogen (secondary N) is 1. The van der Waals surface area contributed by atoms with E-state index in [9.17, 15) is 14.4 Å². The SMILES string of the molecule is Cc1nc2n(n1)CCN(C(=O)c1ccc3nc(C)oc3c1)CCCC(=O)N1CCCC[C@H]1C(=O)N[C@@H]2Cc1ccccc1. The zero-order valence-electron chi connectivity index (χ0n) is 24.7. The Hall–Kier alpha value is -4.54. The molecule has 0 saturated carbocycles. The van der Waals surface area contributed by atoms with Crippen LogP contribution < -0.4 is 5.32 Å². The fraction of sp³-hybridized carbons (Fsp3) is 0.438. The van der Waals surface area contributed by atoms with Gasteiger partial charge in [0.15, 0.2) is 11.5 Å². The van der Waals surface area contributed by atoms with Crippen molar-refractivity contribution in [3.8, 4) is 0 Å². The fourth-order valence-electron chi connectivity index (χ4n) is 6.17. The second-order valence-electron chi connectivity index (χ2n) is 11.4. The van der Waals surface area contributed by atoms with E-state index in [-0.39, 0.29) is 24.1 Å². The van der Waals surface area contributed by atoms with E-state index < -0.39 is 12.1 Å². The Balaban J connectivity index is 1.34. The third kappa shape index (κ3) is 6.30. The lowest BCUT2D eigenvalue weighted by Gasteiger charge is -2.36. The molecule has 6 rings (SSSR count). The highest BCUT2D eigenvalue weighted by Gasteiger charge is 2.34. The van der Waals surface area contributed by atoms with Crippen LogP contribution in [0.25, 0.3) is 11.1 Å². The molecule has 11 heteroatoms. The third-order valence-corrected chi connectivity index (χ3v) is 8.27. The molecule has 11 nitrogen and oxygen atoms in total. The van der Waals surface area contributed by atoms with Crippen LogP contribution in [-0.2, 0) is 22.6 Å². The number of piperidine rings is 1. The Morgan fingerprint density at radius 1 is 0.977 bits per heavy atom. The summed E-state index contributed by atoms with van der Waals surface area (Å²) in [4.78, 5) is 53.6. The van der Waals surface area contributed by atoms with Crippen LogP contribution >= 0.6 is 0 Å². The second-order valence-corrected chi connectivity index (χ2v) is 11.4. The summed E-state index contributed by atoms with van der Waals surface area (Å²) in [6.07, 6.45) is 3.64. The summed E-state index contributed by atoms with van der Waals surface area (Å²) in [5.74, 6) is 1.39. The molecule has 2 aliphatic heterocycles. The molecule has 2 atom stereocenters. The molecule has 4 aromatic rings. The van der Waals surface area contributed by atoms with Crippen LogP contribution in [0.1, 0.15) is 71.6 Å². The Labute approximate surface area is 250 Å². The number of aryl methyl sites for hydroxylation is 2. The predicted molar refractivity (Wildman–Crippen MR) is 159 cm³/mol. The number of rotatable bonds is 3. The molecule has 0 radical (unpaired) electrons. The number of nitrogens with zero attached hydrogens (tertiary/aromatic N) is 6. The standard InChI is InChI=1S/C32H37N7O4/c1-21-33-30-26(19-23-9-4-3-5-10-23)35-31(41)27-11-6-7-16-38(27)29(40)12-8-15-37(17-18-39(30)36-21)32(42)24-13-14-25-28(20-24)43-22(2)34-25/h3-5,9-10,13-14,20,26-27H,6-8,11-12,15-19H2,1-2H3,(H,35,41)/t26-,27+/m1/s1. The number of aromatic nitrogens is 4. The van der Waals surface area contributed by atoms with E-state index in [0.717, 1.165) is 18.4 Å². The summed E-state index contributed by atoms with van der Waals surface area (Å²) < 4.78 is 7.49. The van der Waals surface area contributed by atoms with Gasteiger partial charge in [-0.2, -0.15) is 5.10 Å². The van der Waals surface area contributed by atoms with Crippen molar-refractivity contribution in [1.29, 1.82) is 0 Å². The lowest BCUT2D eigenvalue weighted by molar-refractivity contribution is -0.142. The maximum absolute atomic E-state index is 13.8. The number of oxazole rings is 1. The number of hydrogen-bond donors (Lipinski definition) is 1. The third-order valence-electron chi connectivity index (χ3n) is 8.27. The minimum absolute atomic E-state index is 0.0542. The largest absolute Gasteiger partial charge is 0.441 e. The lowest BCUT2D eigenvalue weighted by Crippen LogP contribution is -2.53. The highest BCUT2D eigenvalue weighted by atomic mass is 16.3. The van der Waals surface area contributed by atoms with Crippen LogP contribution in [0.4, 0.5) is 0 Å². The van der Waals surface area contributed by atoms with Crippen molar-refractivity contribution in [1.82, 2.24) is 34.9 Å². The highest BCUT2D eigenvalue weighted by molar-refractivity contribution is 5.97. The summed E-state index contributed by atoms with van der Waals surface area (Å²) in [5.41, 5.74) is 2.81. The zero-order chi connectivity index (χ0) is 29.9. The van der Waals surface area contributed by atoms with Gasteiger partial charge in [0, 0.05) is 38.5 Å². The van der Waals surface area contributed by atoms with Gasteiger partial charge in [-0.1, -0.05) is 30.3 Å². The molecule has 2 aromatic carbocycles. The van der Waals surface area contributed by atoms with E-state index in [4.69, 9.17) is 9.40 Å². The van der Waals surface area contributed by atoms with Gasteiger partial charge >= 0.3 is 0 Å². The van der Waals surface area contributed by atoms with Gasteiger partial charge in [0.05, 0.1) is 12.6 Å². The summed E-state index contributed by atoms with van der Waals surface area (Å²) in [6, 6.07) is 14.2. The van der Waals surface area contributed by atoms with E-state index in [1.165, 1.54) is 0 Å². The number of hydrogen-bond acceptors (Lipinski definition) is 7. The summed E-state index contributed by atoms with van der Waals surface area (Å²) in [5, 5.41) is 7.90. The molecule has 0 spiro atoms. The highest BCUT2D eigenvalue weighted by Crippen LogP contribution is 2.24. The number of carbonyl (C=O) groups excluding carboxylic acids is 3. The molecule has 2 aliphatic rings. The molecule has 0 unspecified atom stereocenters. The van der Waals surface area contributed by atoms with Crippen LogP contribution in [0, 0.1) is 13.8 Å². The Morgan fingerprint density at radius 3 is 2.65 bits per heavy atom. The molecule has 224 valence electrons. The summed E-state index contributed by atoms with van der Waals surface area (Å²) in [6.45, 7) is 5.28. The van der Waals surface area contributed by atoms with Crippen LogP contribution in [0.15, 0.2) is 52.9 Å². The van der Waals surface area contributed by atoms with E-state index in [2.05, 4.69) is 15.4 Å². The van der Waals surface area contributed by atoms with Gasteiger partial charge < -0.3 is 19.5 Å². The van der Waals surface area contributed by atoms with Gasteiger partial charge in [-0.3, -0.25) is 14.4 Å². The van der Waals surface area contributed by atoms with Gasteiger partial charge in [0.2, 0.25) is 11.8 Å². The average Bonchev–Trinajstić information content (AvgIpc) is 3.58. The molecule has 1 N–H and O–H groups in total. The molecule has 2 aromatic heterocycles. The molecule has 0 aliphatic carbocycles. The molecule has 0 bridgehead atoms. The second kappa shape index (κ2) is 12.4. The van der Waals surface area contributed by atoms with Crippen molar-refractivity contribution in [3.63, 3.8) is 0 Å². The normalized spacial score (nSPS) is 20.3. The first-order valence-electron chi connectivity index (χ1n) is 15.1. The van der Waals surface area contributed by atoms with Crippen LogP contribution in [0.2, 0.25) is 0 Å². The molecule has 43 heavy (non-hydrogen) atoms. The first-order valence-corrected chi connectivity index (χ1v) is 15.1. The Kier molecular flexibility index (Phi) is 8.22. The van der Waals surface area contributed by atoms with Gasteiger partial charge in [-0.05, 0) is 62.8 Å². The quantitative estimate of drug-likeness (QED) is 0.389. The zero-order valence-corrected chi connectivity index (χ0v) is 24.7. The van der Waals surface area contributed by atoms with Gasteiger partial charge in [0.25, 0.3) is 5.91 Å². The number of benzene rings is 2.